The molecule has 0 aliphatic carbocycles. The molecule has 6 heteroatoms. The zero-order valence-electron chi connectivity index (χ0n) is 9.13. The molecule has 0 saturated heterocycles. The van der Waals surface area contributed by atoms with E-state index in [1.54, 1.807) is 0 Å². The van der Waals surface area contributed by atoms with Crippen molar-refractivity contribution in [1.82, 2.24) is 9.97 Å². The van der Waals surface area contributed by atoms with Crippen molar-refractivity contribution in [2.45, 2.75) is 16.6 Å². The molecule has 2 rings (SSSR count). The Kier molecular flexibility index (Phi) is 3.46. The predicted molar refractivity (Wildman–Crippen MR) is 69.3 cm³/mol. The molecule has 1 heterocycles. The number of aromatic nitrogens is 2. The average molecular weight is 247 g/mol. The summed E-state index contributed by atoms with van der Waals surface area (Å²) in [6.07, 6.45) is 0. The highest BCUT2D eigenvalue weighted by Crippen LogP contribution is 2.28. The standard InChI is InChI=1S/C11H13N5S/c12-6-7-3-1-2-4-8(7)17-11-15-9(13)5-10(14)16-11/h1-5H,6,12H2,(H4,13,14,15,16). The quantitative estimate of drug-likeness (QED) is 0.705. The Labute approximate surface area is 103 Å². The molecule has 1 aromatic carbocycles. The highest BCUT2D eigenvalue weighted by Gasteiger charge is 2.06. The maximum absolute atomic E-state index is 5.66. The molecule has 0 atom stereocenters. The summed E-state index contributed by atoms with van der Waals surface area (Å²) in [5, 5.41) is 0.531. The fourth-order valence-corrected chi connectivity index (χ4v) is 2.31. The van der Waals surface area contributed by atoms with Crippen molar-refractivity contribution < 1.29 is 0 Å². The molecule has 2 aromatic rings. The predicted octanol–water partition coefficient (Wildman–Crippen LogP) is 1.25. The van der Waals surface area contributed by atoms with Gasteiger partial charge in [0.1, 0.15) is 11.6 Å². The lowest BCUT2D eigenvalue weighted by atomic mass is 10.2. The summed E-state index contributed by atoms with van der Waals surface area (Å²) >= 11 is 1.40. The molecule has 6 N–H and O–H groups in total. The topological polar surface area (TPSA) is 104 Å². The number of hydrogen-bond donors (Lipinski definition) is 3. The second-order valence-corrected chi connectivity index (χ2v) is 4.42. The van der Waals surface area contributed by atoms with Crippen molar-refractivity contribution in [2.24, 2.45) is 5.73 Å². The normalized spacial score (nSPS) is 10.4. The van der Waals surface area contributed by atoms with E-state index in [1.807, 2.05) is 24.3 Å². The van der Waals surface area contributed by atoms with E-state index >= 15 is 0 Å². The third kappa shape index (κ3) is 2.86. The van der Waals surface area contributed by atoms with E-state index in [9.17, 15) is 0 Å². The van der Waals surface area contributed by atoms with Crippen molar-refractivity contribution >= 4 is 23.4 Å². The zero-order valence-corrected chi connectivity index (χ0v) is 9.95. The largest absolute Gasteiger partial charge is 0.383 e. The van der Waals surface area contributed by atoms with Crippen LogP contribution in [0.5, 0.6) is 0 Å². The second-order valence-electron chi connectivity index (χ2n) is 3.41. The number of anilines is 2. The van der Waals surface area contributed by atoms with Gasteiger partial charge in [-0.2, -0.15) is 0 Å². The first kappa shape index (κ1) is 11.7. The van der Waals surface area contributed by atoms with Crippen molar-refractivity contribution in [3.8, 4) is 0 Å². The van der Waals surface area contributed by atoms with E-state index in [0.29, 0.717) is 23.3 Å². The number of benzene rings is 1. The molecular formula is C11H13N5S. The number of hydrogen-bond acceptors (Lipinski definition) is 6. The van der Waals surface area contributed by atoms with Crippen LogP contribution in [-0.2, 0) is 6.54 Å². The van der Waals surface area contributed by atoms with Gasteiger partial charge in [0.15, 0.2) is 5.16 Å². The molecule has 0 amide bonds. The van der Waals surface area contributed by atoms with Gasteiger partial charge in [-0.3, -0.25) is 0 Å². The van der Waals surface area contributed by atoms with Gasteiger partial charge in [-0.15, -0.1) is 0 Å². The molecule has 0 unspecified atom stereocenters. The maximum atomic E-state index is 5.66. The molecule has 88 valence electrons. The molecule has 5 nitrogen and oxygen atoms in total. The average Bonchev–Trinajstić information content (AvgIpc) is 2.28. The van der Waals surface area contributed by atoms with Gasteiger partial charge in [-0.1, -0.05) is 18.2 Å². The highest BCUT2D eigenvalue weighted by molar-refractivity contribution is 7.99. The van der Waals surface area contributed by atoms with Crippen LogP contribution in [0.15, 0.2) is 40.4 Å². The molecule has 0 saturated carbocycles. The van der Waals surface area contributed by atoms with Crippen molar-refractivity contribution in [3.63, 3.8) is 0 Å². The van der Waals surface area contributed by atoms with Crippen LogP contribution in [-0.4, -0.2) is 9.97 Å². The first-order valence-electron chi connectivity index (χ1n) is 5.05. The summed E-state index contributed by atoms with van der Waals surface area (Å²) in [7, 11) is 0. The maximum Gasteiger partial charge on any atom is 0.196 e. The minimum Gasteiger partial charge on any atom is -0.383 e. The van der Waals surface area contributed by atoms with E-state index < -0.39 is 0 Å². The van der Waals surface area contributed by atoms with Crippen LogP contribution in [0.25, 0.3) is 0 Å². The third-order valence-electron chi connectivity index (χ3n) is 2.14. The van der Waals surface area contributed by atoms with Gasteiger partial charge in [-0.25, -0.2) is 9.97 Å². The van der Waals surface area contributed by atoms with E-state index in [4.69, 9.17) is 17.2 Å². The van der Waals surface area contributed by atoms with Crippen LogP contribution in [0.1, 0.15) is 5.56 Å². The van der Waals surface area contributed by atoms with Gasteiger partial charge in [0.2, 0.25) is 0 Å². The van der Waals surface area contributed by atoms with E-state index in [0.717, 1.165) is 10.5 Å². The molecule has 0 aliphatic heterocycles. The number of rotatable bonds is 3. The van der Waals surface area contributed by atoms with Gasteiger partial charge < -0.3 is 17.2 Å². The summed E-state index contributed by atoms with van der Waals surface area (Å²) in [5.74, 6) is 0.732. The first-order valence-corrected chi connectivity index (χ1v) is 5.86. The lowest BCUT2D eigenvalue weighted by molar-refractivity contribution is 0.975. The Morgan fingerprint density at radius 1 is 1.06 bits per heavy atom. The molecule has 0 aliphatic rings. The Hall–Kier alpha value is -1.79. The minimum atomic E-state index is 0.366. The summed E-state index contributed by atoms with van der Waals surface area (Å²) < 4.78 is 0. The Morgan fingerprint density at radius 3 is 2.35 bits per heavy atom. The van der Waals surface area contributed by atoms with Crippen LogP contribution in [0.3, 0.4) is 0 Å². The monoisotopic (exact) mass is 247 g/mol. The van der Waals surface area contributed by atoms with Crippen molar-refractivity contribution in [1.29, 1.82) is 0 Å². The molecular weight excluding hydrogens is 234 g/mol. The van der Waals surface area contributed by atoms with Crippen molar-refractivity contribution in [3.05, 3.63) is 35.9 Å². The lowest BCUT2D eigenvalue weighted by Gasteiger charge is -2.06. The minimum absolute atomic E-state index is 0.366. The summed E-state index contributed by atoms with van der Waals surface area (Å²) in [4.78, 5) is 9.24. The van der Waals surface area contributed by atoms with Gasteiger partial charge in [0.25, 0.3) is 0 Å². The number of nitrogens with two attached hydrogens (primary N) is 3. The number of nitrogens with zero attached hydrogens (tertiary/aromatic N) is 2. The van der Waals surface area contributed by atoms with Crippen LogP contribution in [0.2, 0.25) is 0 Å². The molecule has 1 aromatic heterocycles. The second kappa shape index (κ2) is 5.03. The third-order valence-corrected chi connectivity index (χ3v) is 3.12. The zero-order chi connectivity index (χ0) is 12.3. The van der Waals surface area contributed by atoms with Crippen LogP contribution >= 0.6 is 11.8 Å². The summed E-state index contributed by atoms with van der Waals surface area (Å²) in [5.41, 5.74) is 17.9. The molecule has 0 bridgehead atoms. The van der Waals surface area contributed by atoms with Crippen LogP contribution in [0.4, 0.5) is 11.6 Å². The lowest BCUT2D eigenvalue weighted by Crippen LogP contribution is -2.01. The van der Waals surface area contributed by atoms with E-state index in [1.165, 1.54) is 17.8 Å². The smallest absolute Gasteiger partial charge is 0.196 e. The molecule has 17 heavy (non-hydrogen) atoms. The Morgan fingerprint density at radius 2 is 1.71 bits per heavy atom. The van der Waals surface area contributed by atoms with Crippen molar-refractivity contribution in [2.75, 3.05) is 11.5 Å². The van der Waals surface area contributed by atoms with Gasteiger partial charge in [-0.05, 0) is 23.4 Å². The van der Waals surface area contributed by atoms with Crippen LogP contribution in [0, 0.1) is 0 Å². The fraction of sp³-hybridized carbons (Fsp3) is 0.0909. The highest BCUT2D eigenvalue weighted by atomic mass is 32.2. The summed E-state index contributed by atoms with van der Waals surface area (Å²) in [6, 6.07) is 9.35. The van der Waals surface area contributed by atoms with Gasteiger partial charge in [0, 0.05) is 17.5 Å². The molecule has 0 spiro atoms. The molecule has 0 fully saturated rings. The Balaban J connectivity index is 2.31. The summed E-state index contributed by atoms with van der Waals surface area (Å²) in [6.45, 7) is 0.473. The SMILES string of the molecule is NCc1ccccc1Sc1nc(N)cc(N)n1. The van der Waals surface area contributed by atoms with E-state index in [-0.39, 0.29) is 0 Å². The first-order chi connectivity index (χ1) is 8.19. The van der Waals surface area contributed by atoms with Gasteiger partial charge >= 0.3 is 0 Å². The van der Waals surface area contributed by atoms with Gasteiger partial charge in [0.05, 0.1) is 0 Å². The Bertz CT molecular complexity index is 509. The number of nitrogen functional groups attached to an aromatic ring is 2. The van der Waals surface area contributed by atoms with E-state index in [2.05, 4.69) is 9.97 Å². The fourth-order valence-electron chi connectivity index (χ4n) is 1.38. The van der Waals surface area contributed by atoms with Crippen LogP contribution < -0.4 is 17.2 Å². The molecule has 0 radical (unpaired) electrons.